The monoisotopic (exact) mass is 249 g/mol. The lowest BCUT2D eigenvalue weighted by atomic mass is 10.1. The molecule has 0 saturated carbocycles. The number of likely N-dealkylation sites (N-methyl/N-ethyl adjacent to an activating group) is 1. The van der Waals surface area contributed by atoms with Gasteiger partial charge in [-0.2, -0.15) is 5.10 Å². The van der Waals surface area contributed by atoms with Crippen LogP contribution in [0.25, 0.3) is 10.4 Å². The van der Waals surface area contributed by atoms with Gasteiger partial charge in [-0.1, -0.05) is 0 Å². The predicted molar refractivity (Wildman–Crippen MR) is 68.0 cm³/mol. The van der Waals surface area contributed by atoms with Crippen LogP contribution in [-0.2, 0) is 18.4 Å². The Morgan fingerprint density at radius 1 is 1.59 bits per heavy atom. The molecule has 3 rings (SSSR count). The second-order valence-corrected chi connectivity index (χ2v) is 5.34. The molecule has 17 heavy (non-hydrogen) atoms. The number of nitrogens with one attached hydrogen (secondary N) is 1. The van der Waals surface area contributed by atoms with Crippen molar-refractivity contribution in [3.05, 3.63) is 28.9 Å². The van der Waals surface area contributed by atoms with Crippen LogP contribution in [0.2, 0.25) is 0 Å². The van der Waals surface area contributed by atoms with E-state index in [9.17, 15) is 0 Å². The molecule has 1 N–H and O–H groups in total. The Bertz CT molecular complexity index is 532. The number of nitrogens with zero attached hydrogens (tertiary/aromatic N) is 2. The summed E-state index contributed by atoms with van der Waals surface area (Å²) in [5.74, 6) is 0. The lowest BCUT2D eigenvalue weighted by Crippen LogP contribution is -2.25. The summed E-state index contributed by atoms with van der Waals surface area (Å²) in [6, 6.07) is 2.55. The van der Waals surface area contributed by atoms with Gasteiger partial charge in [0.15, 0.2) is 0 Å². The SMILES string of the molecule is CNC1COCc2cc(-c3cnn(C)c3)sc21. The number of aryl methyl sites for hydroxylation is 1. The Morgan fingerprint density at radius 3 is 3.18 bits per heavy atom. The smallest absolute Gasteiger partial charge is 0.0729 e. The number of rotatable bonds is 2. The van der Waals surface area contributed by atoms with Crippen LogP contribution in [0.15, 0.2) is 18.5 Å². The van der Waals surface area contributed by atoms with Crippen molar-refractivity contribution in [2.75, 3.05) is 13.7 Å². The highest BCUT2D eigenvalue weighted by Crippen LogP contribution is 2.37. The largest absolute Gasteiger partial charge is 0.375 e. The van der Waals surface area contributed by atoms with Crippen molar-refractivity contribution in [3.63, 3.8) is 0 Å². The zero-order valence-corrected chi connectivity index (χ0v) is 10.8. The molecular formula is C12H15N3OS. The second kappa shape index (κ2) is 4.25. The Balaban J connectivity index is 2.01. The first-order valence-corrected chi connectivity index (χ1v) is 6.46. The lowest BCUT2D eigenvalue weighted by Gasteiger charge is -2.21. The average Bonchev–Trinajstić information content (AvgIpc) is 2.93. The highest BCUT2D eigenvalue weighted by atomic mass is 32.1. The fraction of sp³-hybridized carbons (Fsp3) is 0.417. The summed E-state index contributed by atoms with van der Waals surface area (Å²) in [6.45, 7) is 1.49. The Kier molecular flexibility index (Phi) is 2.74. The van der Waals surface area contributed by atoms with E-state index in [4.69, 9.17) is 4.74 Å². The molecule has 2 aromatic heterocycles. The molecule has 0 saturated heterocycles. The van der Waals surface area contributed by atoms with Gasteiger partial charge < -0.3 is 10.1 Å². The molecule has 0 radical (unpaired) electrons. The third-order valence-electron chi connectivity index (χ3n) is 3.04. The van der Waals surface area contributed by atoms with Gasteiger partial charge in [0.05, 0.1) is 25.5 Å². The highest BCUT2D eigenvalue weighted by molar-refractivity contribution is 7.15. The molecule has 90 valence electrons. The number of fused-ring (bicyclic) bond motifs is 1. The van der Waals surface area contributed by atoms with E-state index in [-0.39, 0.29) is 0 Å². The first-order valence-electron chi connectivity index (χ1n) is 5.64. The van der Waals surface area contributed by atoms with E-state index >= 15 is 0 Å². The van der Waals surface area contributed by atoms with Gasteiger partial charge in [0.25, 0.3) is 0 Å². The number of aromatic nitrogens is 2. The van der Waals surface area contributed by atoms with Gasteiger partial charge in [0.2, 0.25) is 0 Å². The normalized spacial score (nSPS) is 19.3. The highest BCUT2D eigenvalue weighted by Gasteiger charge is 2.23. The van der Waals surface area contributed by atoms with Crippen molar-refractivity contribution < 1.29 is 4.74 Å². The van der Waals surface area contributed by atoms with Gasteiger partial charge >= 0.3 is 0 Å². The van der Waals surface area contributed by atoms with Crippen LogP contribution in [0.5, 0.6) is 0 Å². The topological polar surface area (TPSA) is 39.1 Å². The molecule has 0 amide bonds. The maximum atomic E-state index is 5.58. The van der Waals surface area contributed by atoms with Crippen LogP contribution in [-0.4, -0.2) is 23.4 Å². The zero-order chi connectivity index (χ0) is 11.8. The number of hydrogen-bond acceptors (Lipinski definition) is 4. The van der Waals surface area contributed by atoms with Crippen molar-refractivity contribution in [2.45, 2.75) is 12.6 Å². The van der Waals surface area contributed by atoms with Gasteiger partial charge in [-0.05, 0) is 18.7 Å². The van der Waals surface area contributed by atoms with Crippen molar-refractivity contribution in [1.82, 2.24) is 15.1 Å². The maximum absolute atomic E-state index is 5.58. The number of ether oxygens (including phenoxy) is 1. The minimum absolute atomic E-state index is 0.328. The summed E-state index contributed by atoms with van der Waals surface area (Å²) in [6.07, 6.45) is 3.96. The van der Waals surface area contributed by atoms with E-state index in [1.165, 1.54) is 20.9 Å². The molecule has 4 nitrogen and oxygen atoms in total. The molecular weight excluding hydrogens is 234 g/mol. The molecule has 0 aliphatic carbocycles. The van der Waals surface area contributed by atoms with Crippen molar-refractivity contribution in [2.24, 2.45) is 7.05 Å². The van der Waals surface area contributed by atoms with Gasteiger partial charge in [0, 0.05) is 28.6 Å². The van der Waals surface area contributed by atoms with E-state index < -0.39 is 0 Å². The molecule has 1 atom stereocenters. The summed E-state index contributed by atoms with van der Waals surface area (Å²) >= 11 is 1.84. The Labute approximate surface area is 104 Å². The van der Waals surface area contributed by atoms with Crippen molar-refractivity contribution in [3.8, 4) is 10.4 Å². The molecule has 1 aliphatic heterocycles. The number of thiophene rings is 1. The summed E-state index contributed by atoms with van der Waals surface area (Å²) < 4.78 is 7.41. The third kappa shape index (κ3) is 1.90. The van der Waals surface area contributed by atoms with Crippen LogP contribution < -0.4 is 5.32 Å². The van der Waals surface area contributed by atoms with Crippen LogP contribution in [0.4, 0.5) is 0 Å². The van der Waals surface area contributed by atoms with Crippen molar-refractivity contribution >= 4 is 11.3 Å². The standard InChI is InChI=1S/C12H15N3OS/c1-13-10-7-16-6-8-3-11(17-12(8)10)9-4-14-15(2)5-9/h3-5,10,13H,6-7H2,1-2H3. The average molecular weight is 249 g/mol. The molecule has 0 aromatic carbocycles. The Morgan fingerprint density at radius 2 is 2.47 bits per heavy atom. The summed E-state index contributed by atoms with van der Waals surface area (Å²) in [4.78, 5) is 2.67. The van der Waals surface area contributed by atoms with Gasteiger partial charge in [-0.25, -0.2) is 0 Å². The molecule has 0 fully saturated rings. The fourth-order valence-corrected chi connectivity index (χ4v) is 3.36. The zero-order valence-electron chi connectivity index (χ0n) is 9.93. The first-order chi connectivity index (χ1) is 8.28. The van der Waals surface area contributed by atoms with E-state index in [1.807, 2.05) is 42.5 Å². The quantitative estimate of drug-likeness (QED) is 0.884. The summed E-state index contributed by atoms with van der Waals surface area (Å²) in [5, 5.41) is 7.51. The van der Waals surface area contributed by atoms with Gasteiger partial charge in [-0.3, -0.25) is 4.68 Å². The molecule has 3 heterocycles. The van der Waals surface area contributed by atoms with E-state index in [2.05, 4.69) is 16.5 Å². The Hall–Kier alpha value is -1.17. The third-order valence-corrected chi connectivity index (χ3v) is 4.38. The molecule has 0 spiro atoms. The summed E-state index contributed by atoms with van der Waals surface area (Å²) in [5.41, 5.74) is 2.49. The fourth-order valence-electron chi connectivity index (χ4n) is 2.12. The van der Waals surface area contributed by atoms with Crippen LogP contribution >= 0.6 is 11.3 Å². The number of hydrogen-bond donors (Lipinski definition) is 1. The minimum Gasteiger partial charge on any atom is -0.375 e. The van der Waals surface area contributed by atoms with E-state index in [0.717, 1.165) is 13.2 Å². The molecule has 1 aliphatic rings. The molecule has 1 unspecified atom stereocenters. The van der Waals surface area contributed by atoms with Gasteiger partial charge in [0.1, 0.15) is 0 Å². The van der Waals surface area contributed by atoms with Crippen LogP contribution in [0.1, 0.15) is 16.5 Å². The van der Waals surface area contributed by atoms with Gasteiger partial charge in [-0.15, -0.1) is 11.3 Å². The predicted octanol–water partition coefficient (Wildman–Crippen LogP) is 1.94. The van der Waals surface area contributed by atoms with Crippen LogP contribution in [0.3, 0.4) is 0 Å². The van der Waals surface area contributed by atoms with E-state index in [1.54, 1.807) is 0 Å². The molecule has 5 heteroatoms. The molecule has 2 aromatic rings. The molecule has 0 bridgehead atoms. The maximum Gasteiger partial charge on any atom is 0.0729 e. The second-order valence-electron chi connectivity index (χ2n) is 4.26. The van der Waals surface area contributed by atoms with Crippen LogP contribution in [0, 0.1) is 0 Å². The minimum atomic E-state index is 0.328. The first kappa shape index (κ1) is 11.0. The lowest BCUT2D eigenvalue weighted by molar-refractivity contribution is 0.0864. The summed E-state index contributed by atoms with van der Waals surface area (Å²) in [7, 11) is 3.92. The van der Waals surface area contributed by atoms with Crippen molar-refractivity contribution in [1.29, 1.82) is 0 Å². The van der Waals surface area contributed by atoms with E-state index in [0.29, 0.717) is 6.04 Å².